The van der Waals surface area contributed by atoms with Crippen LogP contribution in [0.1, 0.15) is 47.4 Å². The minimum Gasteiger partial charge on any atom is -0.496 e. The van der Waals surface area contributed by atoms with Gasteiger partial charge in [-0.15, -0.1) is 0 Å². The number of nitrogens with zero attached hydrogens (tertiary/aromatic N) is 3. The number of methoxy groups -OCH3 is 1. The summed E-state index contributed by atoms with van der Waals surface area (Å²) in [5, 5.41) is 3.24. The molecule has 156 valence electrons. The van der Waals surface area contributed by atoms with Crippen LogP contribution in [0.5, 0.6) is 5.75 Å². The first-order valence-corrected chi connectivity index (χ1v) is 10.3. The number of nitrogens with one attached hydrogen (secondary N) is 1. The van der Waals surface area contributed by atoms with Crippen LogP contribution < -0.4 is 10.1 Å². The van der Waals surface area contributed by atoms with E-state index < -0.39 is 6.04 Å². The van der Waals surface area contributed by atoms with E-state index in [2.05, 4.69) is 29.4 Å². The lowest BCUT2D eigenvalue weighted by atomic mass is 9.99. The monoisotopic (exact) mass is 404 g/mol. The van der Waals surface area contributed by atoms with Crippen molar-refractivity contribution < 1.29 is 9.53 Å². The Bertz CT molecular complexity index is 1030. The van der Waals surface area contributed by atoms with Crippen molar-refractivity contribution in [1.29, 1.82) is 0 Å². The van der Waals surface area contributed by atoms with Gasteiger partial charge < -0.3 is 19.5 Å². The van der Waals surface area contributed by atoms with Gasteiger partial charge in [0.1, 0.15) is 17.6 Å². The number of likely N-dealkylation sites (tertiary alicyclic amines) is 1. The highest BCUT2D eigenvalue weighted by atomic mass is 16.5. The van der Waals surface area contributed by atoms with Crippen molar-refractivity contribution in [3.63, 3.8) is 0 Å². The summed E-state index contributed by atoms with van der Waals surface area (Å²) in [6.45, 7) is 2.85. The average Bonchev–Trinajstić information content (AvgIpc) is 3.41. The Morgan fingerprint density at radius 3 is 2.70 bits per heavy atom. The Kier molecular flexibility index (Phi) is 5.74. The predicted octanol–water partition coefficient (Wildman–Crippen LogP) is 4.37. The van der Waals surface area contributed by atoms with Gasteiger partial charge in [0.15, 0.2) is 0 Å². The van der Waals surface area contributed by atoms with Crippen LogP contribution in [0, 0.1) is 6.92 Å². The molecule has 4 rings (SSSR count). The van der Waals surface area contributed by atoms with E-state index in [1.54, 1.807) is 13.3 Å². The summed E-state index contributed by atoms with van der Waals surface area (Å²) in [5.41, 5.74) is 3.32. The molecule has 6 heteroatoms. The zero-order chi connectivity index (χ0) is 21.1. The number of hydrogen-bond acceptors (Lipinski definition) is 3. The number of carbonyl (C=O) groups excluding carboxylic acids is 1. The zero-order valence-corrected chi connectivity index (χ0v) is 17.7. The predicted molar refractivity (Wildman–Crippen MR) is 116 cm³/mol. The van der Waals surface area contributed by atoms with E-state index in [1.807, 2.05) is 59.1 Å². The first-order valence-electron chi connectivity index (χ1n) is 10.3. The first kappa shape index (κ1) is 20.0. The lowest BCUT2D eigenvalue weighted by Crippen LogP contribution is -2.42. The van der Waals surface area contributed by atoms with Gasteiger partial charge in [-0.25, -0.2) is 9.78 Å². The van der Waals surface area contributed by atoms with Crippen LogP contribution in [0.3, 0.4) is 0 Å². The SMILES string of the molecule is COc1ccccc1C(NC(=O)N1CCCC1c1ccccc1C)c1nccn1C. The second kappa shape index (κ2) is 8.61. The van der Waals surface area contributed by atoms with Crippen molar-refractivity contribution in [2.75, 3.05) is 13.7 Å². The molecular weight excluding hydrogens is 376 g/mol. The van der Waals surface area contributed by atoms with E-state index in [0.29, 0.717) is 0 Å². The molecule has 2 heterocycles. The Balaban J connectivity index is 1.65. The quantitative estimate of drug-likeness (QED) is 0.687. The van der Waals surface area contributed by atoms with Crippen molar-refractivity contribution in [2.45, 2.75) is 31.8 Å². The molecule has 6 nitrogen and oxygen atoms in total. The van der Waals surface area contributed by atoms with Crippen LogP contribution in [0.15, 0.2) is 60.9 Å². The maximum atomic E-state index is 13.5. The molecule has 2 unspecified atom stereocenters. The minimum absolute atomic E-state index is 0.0836. The van der Waals surface area contributed by atoms with E-state index in [9.17, 15) is 4.79 Å². The number of aromatic nitrogens is 2. The maximum Gasteiger partial charge on any atom is 0.318 e. The first-order chi connectivity index (χ1) is 14.6. The van der Waals surface area contributed by atoms with Crippen molar-refractivity contribution in [2.24, 2.45) is 7.05 Å². The average molecular weight is 405 g/mol. The highest BCUT2D eigenvalue weighted by molar-refractivity contribution is 5.76. The van der Waals surface area contributed by atoms with E-state index in [0.717, 1.165) is 36.5 Å². The number of imidazole rings is 1. The number of amides is 2. The summed E-state index contributed by atoms with van der Waals surface area (Å²) in [4.78, 5) is 19.9. The van der Waals surface area contributed by atoms with Gasteiger partial charge in [-0.1, -0.05) is 42.5 Å². The highest BCUT2D eigenvalue weighted by Gasteiger charge is 2.33. The van der Waals surface area contributed by atoms with Gasteiger partial charge in [-0.2, -0.15) is 0 Å². The van der Waals surface area contributed by atoms with Gasteiger partial charge in [-0.05, 0) is 37.0 Å². The minimum atomic E-state index is -0.410. The highest BCUT2D eigenvalue weighted by Crippen LogP contribution is 2.35. The normalized spacial score (nSPS) is 17.0. The number of para-hydroxylation sites is 1. The molecule has 2 amide bonds. The van der Waals surface area contributed by atoms with E-state index in [1.165, 1.54) is 11.1 Å². The van der Waals surface area contributed by atoms with Crippen molar-refractivity contribution in [1.82, 2.24) is 19.8 Å². The molecule has 0 aliphatic carbocycles. The Hall–Kier alpha value is -3.28. The molecule has 1 fully saturated rings. The summed E-state index contributed by atoms with van der Waals surface area (Å²) in [5.74, 6) is 1.49. The van der Waals surface area contributed by atoms with E-state index in [-0.39, 0.29) is 12.1 Å². The van der Waals surface area contributed by atoms with Crippen LogP contribution in [0.2, 0.25) is 0 Å². The topological polar surface area (TPSA) is 59.4 Å². The summed E-state index contributed by atoms with van der Waals surface area (Å²) >= 11 is 0. The van der Waals surface area contributed by atoms with Crippen LogP contribution in [-0.4, -0.2) is 34.1 Å². The van der Waals surface area contributed by atoms with Crippen molar-refractivity contribution in [3.8, 4) is 5.75 Å². The third-order valence-corrected chi connectivity index (χ3v) is 5.90. The fourth-order valence-electron chi connectivity index (χ4n) is 4.34. The number of ether oxygens (including phenoxy) is 1. The van der Waals surface area contributed by atoms with Crippen LogP contribution in [-0.2, 0) is 7.05 Å². The summed E-state index contributed by atoms with van der Waals surface area (Å²) in [6, 6.07) is 15.7. The molecule has 1 N–H and O–H groups in total. The second-order valence-electron chi connectivity index (χ2n) is 7.73. The molecular formula is C24H28N4O2. The molecule has 2 atom stereocenters. The maximum absolute atomic E-state index is 13.5. The van der Waals surface area contributed by atoms with E-state index in [4.69, 9.17) is 4.74 Å². The lowest BCUT2D eigenvalue weighted by Gasteiger charge is -2.29. The zero-order valence-electron chi connectivity index (χ0n) is 17.7. The van der Waals surface area contributed by atoms with Crippen LogP contribution >= 0.6 is 0 Å². The Morgan fingerprint density at radius 1 is 1.20 bits per heavy atom. The van der Waals surface area contributed by atoms with Gasteiger partial charge in [-0.3, -0.25) is 0 Å². The van der Waals surface area contributed by atoms with Gasteiger partial charge in [0, 0.05) is 31.5 Å². The molecule has 1 aromatic heterocycles. The molecule has 0 bridgehead atoms. The molecule has 0 saturated carbocycles. The molecule has 0 spiro atoms. The van der Waals surface area contributed by atoms with Gasteiger partial charge >= 0.3 is 6.03 Å². The van der Waals surface area contributed by atoms with Gasteiger partial charge in [0.05, 0.1) is 13.2 Å². The molecule has 30 heavy (non-hydrogen) atoms. The molecule has 3 aromatic rings. The number of rotatable bonds is 5. The molecule has 1 saturated heterocycles. The lowest BCUT2D eigenvalue weighted by molar-refractivity contribution is 0.189. The van der Waals surface area contributed by atoms with E-state index >= 15 is 0 Å². The summed E-state index contributed by atoms with van der Waals surface area (Å²) in [7, 11) is 3.58. The Labute approximate surface area is 177 Å². The standard InChI is InChI=1S/C24H28N4O2/c1-17-9-4-5-10-18(17)20-12-8-15-28(20)24(29)26-22(23-25-14-16-27(23)2)19-11-6-7-13-21(19)30-3/h4-7,9-11,13-14,16,20,22H,8,12,15H2,1-3H3,(H,26,29). The number of hydrogen-bond donors (Lipinski definition) is 1. The number of carbonyl (C=O) groups is 1. The smallest absolute Gasteiger partial charge is 0.318 e. The molecule has 2 aromatic carbocycles. The number of benzene rings is 2. The number of urea groups is 1. The fourth-order valence-corrected chi connectivity index (χ4v) is 4.34. The third kappa shape index (κ3) is 3.77. The van der Waals surface area contributed by atoms with Gasteiger partial charge in [0.2, 0.25) is 0 Å². The van der Waals surface area contributed by atoms with Gasteiger partial charge in [0.25, 0.3) is 0 Å². The number of aryl methyl sites for hydroxylation is 2. The largest absolute Gasteiger partial charge is 0.496 e. The second-order valence-corrected chi connectivity index (χ2v) is 7.73. The van der Waals surface area contributed by atoms with Crippen LogP contribution in [0.4, 0.5) is 4.79 Å². The molecule has 1 aliphatic rings. The third-order valence-electron chi connectivity index (χ3n) is 5.90. The summed E-state index contributed by atoms with van der Waals surface area (Å²) in [6.07, 6.45) is 5.60. The van der Waals surface area contributed by atoms with Crippen molar-refractivity contribution >= 4 is 6.03 Å². The molecule has 0 radical (unpaired) electrons. The van der Waals surface area contributed by atoms with Crippen molar-refractivity contribution in [3.05, 3.63) is 83.4 Å². The summed E-state index contributed by atoms with van der Waals surface area (Å²) < 4.78 is 7.51. The fraction of sp³-hybridized carbons (Fsp3) is 0.333. The molecule has 1 aliphatic heterocycles. The Morgan fingerprint density at radius 2 is 1.97 bits per heavy atom. The van der Waals surface area contributed by atoms with Crippen LogP contribution in [0.25, 0.3) is 0 Å².